The molecule has 112 valence electrons. The molecule has 1 aromatic rings. The van der Waals surface area contributed by atoms with Crippen molar-refractivity contribution in [2.45, 2.75) is 38.0 Å². The van der Waals surface area contributed by atoms with Crippen LogP contribution >= 0.6 is 10.7 Å². The Morgan fingerprint density at radius 1 is 1.25 bits per heavy atom. The summed E-state index contributed by atoms with van der Waals surface area (Å²) in [5.74, 6) is 0.271. The summed E-state index contributed by atoms with van der Waals surface area (Å²) in [7, 11) is 1.53. The lowest BCUT2D eigenvalue weighted by atomic mass is 10.1. The topological polar surface area (TPSA) is 60.4 Å². The van der Waals surface area contributed by atoms with E-state index in [9.17, 15) is 13.2 Å². The zero-order valence-corrected chi connectivity index (χ0v) is 13.2. The molecule has 0 aromatic heterocycles. The van der Waals surface area contributed by atoms with Gasteiger partial charge in [-0.25, -0.2) is 8.42 Å². The van der Waals surface area contributed by atoms with Crippen LogP contribution in [0, 0.1) is 5.92 Å². The summed E-state index contributed by atoms with van der Waals surface area (Å²) >= 11 is 0. The van der Waals surface area contributed by atoms with Crippen LogP contribution < -0.4 is 0 Å². The minimum atomic E-state index is -3.69. The summed E-state index contributed by atoms with van der Waals surface area (Å²) < 4.78 is 27.2. The first-order chi connectivity index (χ1) is 9.29. The smallest absolute Gasteiger partial charge is 0.306 e. The summed E-state index contributed by atoms with van der Waals surface area (Å²) in [4.78, 5) is 11.5. The van der Waals surface area contributed by atoms with Gasteiger partial charge in [0.1, 0.15) is 0 Å². The van der Waals surface area contributed by atoms with Gasteiger partial charge in [-0.05, 0) is 36.5 Å². The van der Waals surface area contributed by atoms with Crippen molar-refractivity contribution in [1.29, 1.82) is 0 Å². The van der Waals surface area contributed by atoms with Crippen molar-refractivity contribution in [2.75, 3.05) is 6.61 Å². The lowest BCUT2D eigenvalue weighted by Gasteiger charge is -2.07. The molecule has 0 fully saturated rings. The van der Waals surface area contributed by atoms with E-state index in [-0.39, 0.29) is 17.3 Å². The highest BCUT2D eigenvalue weighted by Crippen LogP contribution is 2.16. The molecule has 0 N–H and O–H groups in total. The molecule has 0 atom stereocenters. The van der Waals surface area contributed by atoms with Crippen molar-refractivity contribution < 1.29 is 17.9 Å². The lowest BCUT2D eigenvalue weighted by Crippen LogP contribution is -2.08. The van der Waals surface area contributed by atoms with Crippen molar-refractivity contribution in [1.82, 2.24) is 0 Å². The molecule has 0 heterocycles. The maximum absolute atomic E-state index is 11.5. The molecule has 0 aliphatic heterocycles. The molecule has 4 nitrogen and oxygen atoms in total. The highest BCUT2D eigenvalue weighted by atomic mass is 35.7. The molecular formula is C14H19ClO4S. The van der Waals surface area contributed by atoms with Crippen LogP contribution in [0.4, 0.5) is 0 Å². The highest BCUT2D eigenvalue weighted by Gasteiger charge is 2.10. The van der Waals surface area contributed by atoms with E-state index in [1.165, 1.54) is 12.1 Å². The molecule has 20 heavy (non-hydrogen) atoms. The molecule has 6 heteroatoms. The molecule has 1 rings (SSSR count). The zero-order valence-electron chi connectivity index (χ0n) is 11.6. The first kappa shape index (κ1) is 17.0. The summed E-state index contributed by atoms with van der Waals surface area (Å²) in [5, 5.41) is 0. The van der Waals surface area contributed by atoms with Gasteiger partial charge in [0.15, 0.2) is 0 Å². The van der Waals surface area contributed by atoms with Crippen LogP contribution in [0.1, 0.15) is 32.3 Å². The van der Waals surface area contributed by atoms with Gasteiger partial charge in [-0.2, -0.15) is 0 Å². The Kier molecular flexibility index (Phi) is 6.49. The van der Waals surface area contributed by atoms with Gasteiger partial charge in [0, 0.05) is 17.1 Å². The second-order valence-electron chi connectivity index (χ2n) is 4.98. The number of halogens is 1. The molecule has 0 bridgehead atoms. The van der Waals surface area contributed by atoms with Gasteiger partial charge in [-0.3, -0.25) is 4.79 Å². The van der Waals surface area contributed by atoms with Crippen LogP contribution in [0.2, 0.25) is 0 Å². The predicted molar refractivity (Wildman–Crippen MR) is 78.2 cm³/mol. The van der Waals surface area contributed by atoms with Crippen molar-refractivity contribution in [3.63, 3.8) is 0 Å². The van der Waals surface area contributed by atoms with Crippen LogP contribution in [0.5, 0.6) is 0 Å². The van der Waals surface area contributed by atoms with E-state index in [0.717, 1.165) is 12.0 Å². The SMILES string of the molecule is CC(C)CCOC(=O)CCc1ccc(S(=O)(=O)Cl)cc1. The predicted octanol–water partition coefficient (Wildman–Crippen LogP) is 3.14. The van der Waals surface area contributed by atoms with Crippen molar-refractivity contribution >= 4 is 25.7 Å². The Bertz CT molecular complexity index is 535. The lowest BCUT2D eigenvalue weighted by molar-refractivity contribution is -0.143. The average molecular weight is 319 g/mol. The van der Waals surface area contributed by atoms with Gasteiger partial charge < -0.3 is 4.74 Å². The van der Waals surface area contributed by atoms with Crippen LogP contribution in [0.25, 0.3) is 0 Å². The number of benzene rings is 1. The van der Waals surface area contributed by atoms with Gasteiger partial charge in [0.05, 0.1) is 11.5 Å². The second kappa shape index (κ2) is 7.64. The molecule has 0 unspecified atom stereocenters. The first-order valence-electron chi connectivity index (χ1n) is 6.48. The summed E-state index contributed by atoms with van der Waals surface area (Å²) in [5.41, 5.74) is 0.870. The van der Waals surface area contributed by atoms with Crippen LogP contribution in [-0.2, 0) is 25.0 Å². The number of carbonyl (C=O) groups is 1. The maximum atomic E-state index is 11.5. The number of hydrogen-bond donors (Lipinski definition) is 0. The summed E-state index contributed by atoms with van der Waals surface area (Å²) in [6.07, 6.45) is 1.65. The molecular weight excluding hydrogens is 300 g/mol. The number of ether oxygens (including phenoxy) is 1. The van der Waals surface area contributed by atoms with Gasteiger partial charge in [-0.15, -0.1) is 0 Å². The number of aryl methyl sites for hydroxylation is 1. The molecule has 0 saturated heterocycles. The standard InChI is InChI=1S/C14H19ClO4S/c1-11(2)9-10-19-14(16)8-5-12-3-6-13(7-4-12)20(15,17)18/h3-4,6-7,11H,5,8-10H2,1-2H3. The van der Waals surface area contributed by atoms with Crippen molar-refractivity contribution in [3.05, 3.63) is 29.8 Å². The van der Waals surface area contributed by atoms with E-state index in [0.29, 0.717) is 18.9 Å². The van der Waals surface area contributed by atoms with Crippen LogP contribution in [-0.4, -0.2) is 21.0 Å². The summed E-state index contributed by atoms with van der Waals surface area (Å²) in [6, 6.07) is 6.16. The second-order valence-corrected chi connectivity index (χ2v) is 7.55. The van der Waals surface area contributed by atoms with Crippen molar-refractivity contribution in [3.8, 4) is 0 Å². The fraction of sp³-hybridized carbons (Fsp3) is 0.500. The van der Waals surface area contributed by atoms with Crippen molar-refractivity contribution in [2.24, 2.45) is 5.92 Å². The Labute approximate surface area is 124 Å². The van der Waals surface area contributed by atoms with Crippen LogP contribution in [0.15, 0.2) is 29.2 Å². The zero-order chi connectivity index (χ0) is 15.2. The number of esters is 1. The number of rotatable bonds is 7. The molecule has 1 aromatic carbocycles. The van der Waals surface area contributed by atoms with Gasteiger partial charge in [0.25, 0.3) is 9.05 Å². The Hall–Kier alpha value is -1.07. The Balaban J connectivity index is 2.40. The first-order valence-corrected chi connectivity index (χ1v) is 8.79. The molecule has 0 amide bonds. The fourth-order valence-corrected chi connectivity index (χ4v) is 2.32. The third-order valence-corrected chi connectivity index (χ3v) is 4.15. The quantitative estimate of drug-likeness (QED) is 0.572. The van der Waals surface area contributed by atoms with E-state index < -0.39 is 9.05 Å². The van der Waals surface area contributed by atoms with E-state index in [2.05, 4.69) is 13.8 Å². The molecule has 0 spiro atoms. The molecule has 0 aliphatic carbocycles. The van der Waals surface area contributed by atoms with Gasteiger partial charge in [-0.1, -0.05) is 26.0 Å². The maximum Gasteiger partial charge on any atom is 0.306 e. The third-order valence-electron chi connectivity index (χ3n) is 2.78. The fourth-order valence-electron chi connectivity index (χ4n) is 1.55. The number of carbonyl (C=O) groups excluding carboxylic acids is 1. The normalized spacial score (nSPS) is 11.6. The average Bonchev–Trinajstić information content (AvgIpc) is 2.35. The largest absolute Gasteiger partial charge is 0.466 e. The van der Waals surface area contributed by atoms with Gasteiger partial charge in [0.2, 0.25) is 0 Å². The van der Waals surface area contributed by atoms with Crippen LogP contribution in [0.3, 0.4) is 0 Å². The number of hydrogen-bond acceptors (Lipinski definition) is 4. The minimum absolute atomic E-state index is 0.0578. The minimum Gasteiger partial charge on any atom is -0.466 e. The molecule has 0 radical (unpaired) electrons. The molecule has 0 aliphatic rings. The molecule has 0 saturated carbocycles. The van der Waals surface area contributed by atoms with Gasteiger partial charge >= 0.3 is 5.97 Å². The summed E-state index contributed by atoms with van der Waals surface area (Å²) in [6.45, 7) is 4.58. The highest BCUT2D eigenvalue weighted by molar-refractivity contribution is 8.13. The van der Waals surface area contributed by atoms with E-state index in [1.54, 1.807) is 12.1 Å². The third kappa shape index (κ3) is 6.39. The van der Waals surface area contributed by atoms with E-state index in [1.807, 2.05) is 0 Å². The Morgan fingerprint density at radius 2 is 1.85 bits per heavy atom. The van der Waals surface area contributed by atoms with E-state index >= 15 is 0 Å². The monoisotopic (exact) mass is 318 g/mol. The van der Waals surface area contributed by atoms with E-state index in [4.69, 9.17) is 15.4 Å². The Morgan fingerprint density at radius 3 is 2.35 bits per heavy atom.